The van der Waals surface area contributed by atoms with Crippen LogP contribution in [-0.2, 0) is 47.6 Å². The first-order valence-electron chi connectivity index (χ1n) is 18.9. The first-order valence-corrected chi connectivity index (χ1v) is 18.9. The fraction of sp³-hybridized carbons (Fsp3) is 0.512. The standard InChI is InChI=1S/C43H53NO14/c1-23(2)38(49)55-34-25(4)33(53-26(5)45)31-36(56-39(50)29-15-12-11-13-16-29)42(10,58-28(7)47)22-43(31,52)35(54-27(6)46)24(3)18-19-41(8,9)37(32(34)48)57-40(51)30-17-14-20-44-21-30/h11-21,23-24,31-37,48,52H,4,22H2,1-3,5-10H3/b19-18+/t24-,31+,32-,33+,34+,35+,36-,37-,42-,43-/m1/s1. The van der Waals surface area contributed by atoms with Crippen LogP contribution in [0.15, 0.2) is 79.2 Å². The third kappa shape index (κ3) is 9.99. The van der Waals surface area contributed by atoms with Gasteiger partial charge >= 0.3 is 35.8 Å². The molecule has 15 heteroatoms. The van der Waals surface area contributed by atoms with Gasteiger partial charge in [-0.3, -0.25) is 24.2 Å². The fourth-order valence-electron chi connectivity index (χ4n) is 7.78. The van der Waals surface area contributed by atoms with Gasteiger partial charge in [0.2, 0.25) is 0 Å². The summed E-state index contributed by atoms with van der Waals surface area (Å²) in [5, 5.41) is 25.7. The minimum atomic E-state index is -2.39. The zero-order chi connectivity index (χ0) is 43.3. The fourth-order valence-corrected chi connectivity index (χ4v) is 7.78. The number of fused-ring (bicyclic) bond motifs is 1. The highest BCUT2D eigenvalue weighted by Gasteiger charge is 2.70. The summed E-state index contributed by atoms with van der Waals surface area (Å²) >= 11 is 0. The van der Waals surface area contributed by atoms with Crippen LogP contribution in [0.1, 0.15) is 89.5 Å². The molecule has 10 atom stereocenters. The van der Waals surface area contributed by atoms with Gasteiger partial charge in [0.15, 0.2) is 12.2 Å². The molecule has 1 heterocycles. The molecule has 1 saturated carbocycles. The highest BCUT2D eigenvalue weighted by molar-refractivity contribution is 5.90. The van der Waals surface area contributed by atoms with Crippen LogP contribution in [0.3, 0.4) is 0 Å². The summed E-state index contributed by atoms with van der Waals surface area (Å²) in [6.07, 6.45) is -5.08. The van der Waals surface area contributed by atoms with E-state index < -0.39 is 113 Å². The number of hydrogen-bond acceptors (Lipinski definition) is 15. The Morgan fingerprint density at radius 2 is 1.36 bits per heavy atom. The normalized spacial score (nSPS) is 31.3. The lowest BCUT2D eigenvalue weighted by molar-refractivity contribution is -0.193. The maximum Gasteiger partial charge on any atom is 0.340 e. The van der Waals surface area contributed by atoms with Gasteiger partial charge in [-0.15, -0.1) is 0 Å². The molecule has 0 amide bonds. The number of carbonyl (C=O) groups excluding carboxylic acids is 6. The van der Waals surface area contributed by atoms with Crippen molar-refractivity contribution >= 4 is 35.8 Å². The lowest BCUT2D eigenvalue weighted by atomic mass is 9.71. The van der Waals surface area contributed by atoms with Crippen LogP contribution < -0.4 is 0 Å². The van der Waals surface area contributed by atoms with Crippen LogP contribution in [0, 0.1) is 23.2 Å². The van der Waals surface area contributed by atoms with Crippen molar-refractivity contribution in [3.63, 3.8) is 0 Å². The van der Waals surface area contributed by atoms with Crippen LogP contribution in [0.5, 0.6) is 0 Å². The van der Waals surface area contributed by atoms with Crippen molar-refractivity contribution in [3.05, 3.63) is 90.3 Å². The molecule has 1 aromatic carbocycles. The van der Waals surface area contributed by atoms with E-state index in [1.807, 2.05) is 0 Å². The Labute approximate surface area is 337 Å². The van der Waals surface area contributed by atoms with Gasteiger partial charge in [0.05, 0.1) is 23.0 Å². The number of aliphatic hydroxyl groups excluding tert-OH is 1. The van der Waals surface area contributed by atoms with Gasteiger partial charge < -0.3 is 38.6 Å². The van der Waals surface area contributed by atoms with E-state index in [2.05, 4.69) is 11.6 Å². The molecule has 0 bridgehead atoms. The molecule has 2 aliphatic rings. The summed E-state index contributed by atoms with van der Waals surface area (Å²) in [7, 11) is 0. The molecule has 1 aromatic heterocycles. The van der Waals surface area contributed by atoms with Gasteiger partial charge in [-0.1, -0.05) is 71.5 Å². The Balaban J connectivity index is 2.08. The van der Waals surface area contributed by atoms with Crippen LogP contribution in [0.2, 0.25) is 0 Å². The van der Waals surface area contributed by atoms with E-state index in [4.69, 9.17) is 28.4 Å². The van der Waals surface area contributed by atoms with Crippen LogP contribution >= 0.6 is 0 Å². The Morgan fingerprint density at radius 1 is 0.776 bits per heavy atom. The van der Waals surface area contributed by atoms with E-state index in [0.717, 1.165) is 20.8 Å². The summed E-state index contributed by atoms with van der Waals surface area (Å²) < 4.78 is 35.8. The van der Waals surface area contributed by atoms with Crippen LogP contribution in [0.4, 0.5) is 0 Å². The lowest BCUT2D eigenvalue weighted by Gasteiger charge is -2.45. The number of aliphatic hydroxyl groups is 2. The SMILES string of the molecule is C=C1[C@H](OC(=O)C(C)C)[C@@H](O)[C@@H](OC(=O)c2cccnc2)C(C)(C)/C=C/[C@@H](C)[C@H](OC(C)=O)[C@@]2(O)C[C@@](C)(OC(C)=O)[C@H](OC(=O)c3ccccc3)[C@@H]2[C@H]1OC(C)=O. The average molecular weight is 808 g/mol. The third-order valence-electron chi connectivity index (χ3n) is 10.4. The molecule has 0 radical (unpaired) electrons. The molecule has 15 nitrogen and oxygen atoms in total. The van der Waals surface area contributed by atoms with Gasteiger partial charge in [-0.2, -0.15) is 0 Å². The van der Waals surface area contributed by atoms with Crippen LogP contribution in [0.25, 0.3) is 0 Å². The van der Waals surface area contributed by atoms with Crippen molar-refractivity contribution in [2.45, 2.75) is 117 Å². The molecular formula is C43H53NO14. The summed E-state index contributed by atoms with van der Waals surface area (Å²) in [5.41, 5.74) is -5.84. The molecule has 0 saturated heterocycles. The highest BCUT2D eigenvalue weighted by Crippen LogP contribution is 2.54. The molecular weight excluding hydrogens is 754 g/mol. The van der Waals surface area contributed by atoms with E-state index in [-0.39, 0.29) is 16.7 Å². The molecule has 314 valence electrons. The Kier molecular flexibility index (Phi) is 14.1. The predicted octanol–water partition coefficient (Wildman–Crippen LogP) is 4.49. The summed E-state index contributed by atoms with van der Waals surface area (Å²) in [6, 6.07) is 10.8. The summed E-state index contributed by atoms with van der Waals surface area (Å²) in [6.45, 7) is 16.8. The number of rotatable bonds is 9. The molecule has 58 heavy (non-hydrogen) atoms. The average Bonchev–Trinajstić information content (AvgIpc) is 3.36. The Hall–Kier alpha value is -5.41. The summed E-state index contributed by atoms with van der Waals surface area (Å²) in [4.78, 5) is 83.8. The minimum absolute atomic E-state index is 0.0417. The van der Waals surface area contributed by atoms with Gasteiger partial charge in [0.1, 0.15) is 35.6 Å². The van der Waals surface area contributed by atoms with Crippen molar-refractivity contribution in [2.24, 2.45) is 23.2 Å². The monoisotopic (exact) mass is 807 g/mol. The number of aromatic nitrogens is 1. The van der Waals surface area contributed by atoms with Gasteiger partial charge in [-0.05, 0) is 31.2 Å². The molecule has 0 unspecified atom stereocenters. The second kappa shape index (κ2) is 18.0. The second-order valence-electron chi connectivity index (χ2n) is 16.0. The van der Waals surface area contributed by atoms with Gasteiger partial charge in [0, 0.05) is 56.5 Å². The van der Waals surface area contributed by atoms with Crippen molar-refractivity contribution < 1.29 is 67.4 Å². The predicted molar refractivity (Wildman–Crippen MR) is 205 cm³/mol. The molecule has 4 rings (SSSR count). The highest BCUT2D eigenvalue weighted by atomic mass is 16.6. The van der Waals surface area contributed by atoms with Gasteiger partial charge in [-0.25, -0.2) is 9.59 Å². The van der Waals surface area contributed by atoms with Crippen LogP contribution in [-0.4, -0.2) is 98.8 Å². The van der Waals surface area contributed by atoms with E-state index in [0.29, 0.717) is 0 Å². The molecule has 2 aromatic rings. The van der Waals surface area contributed by atoms with Crippen molar-refractivity contribution in [1.82, 2.24) is 4.98 Å². The topological polar surface area (TPSA) is 211 Å². The maximum absolute atomic E-state index is 13.9. The molecule has 2 N–H and O–H groups in total. The number of benzene rings is 1. The van der Waals surface area contributed by atoms with Crippen molar-refractivity contribution in [1.29, 1.82) is 0 Å². The van der Waals surface area contributed by atoms with E-state index in [1.165, 1.54) is 57.4 Å². The zero-order valence-electron chi connectivity index (χ0n) is 34.2. The van der Waals surface area contributed by atoms with Crippen molar-refractivity contribution in [3.8, 4) is 0 Å². The second-order valence-corrected chi connectivity index (χ2v) is 16.0. The van der Waals surface area contributed by atoms with E-state index in [9.17, 15) is 39.0 Å². The quantitative estimate of drug-likeness (QED) is 0.203. The van der Waals surface area contributed by atoms with Crippen molar-refractivity contribution in [2.75, 3.05) is 0 Å². The Bertz CT molecular complexity index is 1890. The molecule has 2 aliphatic carbocycles. The van der Waals surface area contributed by atoms with E-state index in [1.54, 1.807) is 51.1 Å². The van der Waals surface area contributed by atoms with E-state index >= 15 is 0 Å². The first kappa shape index (κ1) is 45.3. The third-order valence-corrected chi connectivity index (χ3v) is 10.4. The first-order chi connectivity index (χ1) is 27.0. The molecule has 0 aliphatic heterocycles. The summed E-state index contributed by atoms with van der Waals surface area (Å²) in [5.74, 6) is -8.66. The zero-order valence-corrected chi connectivity index (χ0v) is 34.2. The smallest absolute Gasteiger partial charge is 0.340 e. The number of nitrogens with zero attached hydrogens (tertiary/aromatic N) is 1. The Morgan fingerprint density at radius 3 is 1.91 bits per heavy atom. The number of hydrogen-bond donors (Lipinski definition) is 2. The largest absolute Gasteiger partial charge is 0.459 e. The number of esters is 6. The lowest BCUT2D eigenvalue weighted by Crippen LogP contribution is -2.59. The number of carbonyl (C=O) groups is 6. The number of ether oxygens (including phenoxy) is 6. The number of pyridine rings is 1. The minimum Gasteiger partial charge on any atom is -0.459 e. The van der Waals surface area contributed by atoms with Gasteiger partial charge in [0.25, 0.3) is 0 Å². The molecule has 0 spiro atoms. The maximum atomic E-state index is 13.9. The molecule has 1 fully saturated rings.